The van der Waals surface area contributed by atoms with Crippen LogP contribution in [0.2, 0.25) is 0 Å². The van der Waals surface area contributed by atoms with Crippen LogP contribution in [0.5, 0.6) is 5.75 Å². The molecule has 1 saturated carbocycles. The Balaban J connectivity index is 1.37. The summed E-state index contributed by atoms with van der Waals surface area (Å²) in [5.74, 6) is -0.809. The molecular weight excluding hydrogens is 632 g/mol. The average molecular weight is 664 g/mol. The van der Waals surface area contributed by atoms with Gasteiger partial charge in [0.25, 0.3) is 0 Å². The molecule has 3 aromatic rings. The molecular formula is C33H31F6N3O5. The summed E-state index contributed by atoms with van der Waals surface area (Å²) in [6, 6.07) is 7.02. The summed E-state index contributed by atoms with van der Waals surface area (Å²) in [6.45, 7) is 4.57. The number of aryl methyl sites for hydroxylation is 1. The van der Waals surface area contributed by atoms with Gasteiger partial charge in [0.05, 0.1) is 35.3 Å². The Morgan fingerprint density at radius 2 is 1.62 bits per heavy atom. The zero-order chi connectivity index (χ0) is 34.0. The number of carboxylic acid groups (broad SMARTS) is 1. The van der Waals surface area contributed by atoms with Crippen molar-refractivity contribution in [1.82, 2.24) is 9.88 Å². The van der Waals surface area contributed by atoms with Crippen LogP contribution in [-0.4, -0.2) is 51.3 Å². The Hall–Kier alpha value is -4.49. The fourth-order valence-electron chi connectivity index (χ4n) is 6.47. The smallest absolute Gasteiger partial charge is 0.416 e. The summed E-state index contributed by atoms with van der Waals surface area (Å²) >= 11 is 0. The molecule has 2 atom stereocenters. The van der Waals surface area contributed by atoms with Crippen molar-refractivity contribution in [3.8, 4) is 16.9 Å². The predicted octanol–water partition coefficient (Wildman–Crippen LogP) is 7.67. The number of pyridine rings is 1. The molecule has 3 aliphatic rings. The number of phenolic OH excluding ortho intramolecular Hbond substituents is 1. The normalized spacial score (nSPS) is 22.9. The Bertz CT molecular complexity index is 1700. The molecule has 8 nitrogen and oxygen atoms in total. The number of carbonyl (C=O) groups excluding carboxylic acids is 1. The van der Waals surface area contributed by atoms with E-state index in [2.05, 4.69) is 0 Å². The molecule has 0 spiro atoms. The minimum absolute atomic E-state index is 0.0228. The second kappa shape index (κ2) is 11.6. The van der Waals surface area contributed by atoms with E-state index in [-0.39, 0.29) is 24.3 Å². The van der Waals surface area contributed by atoms with E-state index < -0.39 is 59.2 Å². The van der Waals surface area contributed by atoms with Crippen molar-refractivity contribution >= 4 is 17.9 Å². The maximum atomic E-state index is 13.6. The number of carbonyl (C=O) groups is 2. The van der Waals surface area contributed by atoms with Gasteiger partial charge in [0, 0.05) is 24.2 Å². The van der Waals surface area contributed by atoms with E-state index >= 15 is 0 Å². The van der Waals surface area contributed by atoms with Crippen molar-refractivity contribution in [2.45, 2.75) is 70.1 Å². The zero-order valence-corrected chi connectivity index (χ0v) is 25.3. The molecule has 250 valence electrons. The molecule has 1 aliphatic carbocycles. The number of aromatic hydroxyl groups is 1. The van der Waals surface area contributed by atoms with E-state index in [4.69, 9.17) is 9.72 Å². The third kappa shape index (κ3) is 6.17. The van der Waals surface area contributed by atoms with Gasteiger partial charge in [-0.05, 0) is 92.1 Å². The van der Waals surface area contributed by atoms with Gasteiger partial charge in [-0.25, -0.2) is 9.78 Å². The van der Waals surface area contributed by atoms with Crippen molar-refractivity contribution in [1.29, 1.82) is 0 Å². The zero-order valence-electron chi connectivity index (χ0n) is 25.3. The number of halogens is 6. The number of alkyl halides is 6. The molecule has 0 bridgehead atoms. The van der Waals surface area contributed by atoms with E-state index in [9.17, 15) is 46.1 Å². The number of rotatable bonds is 7. The number of cyclic esters (lactones) is 1. The molecule has 2 saturated heterocycles. The highest BCUT2D eigenvalue weighted by molar-refractivity contribution is 5.78. The fourth-order valence-corrected chi connectivity index (χ4v) is 6.47. The first-order chi connectivity index (χ1) is 22.0. The molecule has 0 radical (unpaired) electrons. The van der Waals surface area contributed by atoms with Crippen LogP contribution in [-0.2, 0) is 28.4 Å². The first-order valence-corrected chi connectivity index (χ1v) is 15.1. The molecule has 1 amide bonds. The third-order valence-corrected chi connectivity index (χ3v) is 9.36. The summed E-state index contributed by atoms with van der Waals surface area (Å²) in [7, 11) is 0. The number of carboxylic acids is 1. The monoisotopic (exact) mass is 663 g/mol. The lowest BCUT2D eigenvalue weighted by molar-refractivity contribution is -0.145. The molecule has 2 N–H and O–H groups in total. The highest BCUT2D eigenvalue weighted by Gasteiger charge is 2.44. The molecule has 6 rings (SSSR count). The van der Waals surface area contributed by atoms with Crippen LogP contribution in [0.3, 0.4) is 0 Å². The van der Waals surface area contributed by atoms with Gasteiger partial charge in [0.2, 0.25) is 0 Å². The van der Waals surface area contributed by atoms with Gasteiger partial charge in [-0.15, -0.1) is 0 Å². The Kier molecular flexibility index (Phi) is 8.03. The number of nitrogens with zero attached hydrogens (tertiary/aromatic N) is 3. The number of benzene rings is 2. The van der Waals surface area contributed by atoms with Crippen LogP contribution < -0.4 is 4.90 Å². The van der Waals surface area contributed by atoms with Crippen LogP contribution in [0.15, 0.2) is 42.5 Å². The maximum absolute atomic E-state index is 13.6. The molecule has 3 heterocycles. The topological polar surface area (TPSA) is 103 Å². The molecule has 0 unspecified atom stereocenters. The summed E-state index contributed by atoms with van der Waals surface area (Å²) in [6.07, 6.45) is -10.7. The number of ether oxygens (including phenoxy) is 1. The lowest BCUT2D eigenvalue weighted by Gasteiger charge is -2.34. The average Bonchev–Trinajstić information content (AvgIpc) is 3.19. The highest BCUT2D eigenvalue weighted by Crippen LogP contribution is 2.46. The lowest BCUT2D eigenvalue weighted by atomic mass is 9.71. The number of aliphatic carboxylic acids is 1. The first kappa shape index (κ1) is 32.5. The number of phenols is 1. The number of amides is 1. The Morgan fingerprint density at radius 3 is 2.17 bits per heavy atom. The van der Waals surface area contributed by atoms with Crippen molar-refractivity contribution in [3.05, 3.63) is 76.0 Å². The van der Waals surface area contributed by atoms with Crippen LogP contribution in [0.4, 0.5) is 37.0 Å². The Labute approximate surface area is 265 Å². The van der Waals surface area contributed by atoms with Crippen molar-refractivity contribution in [2.75, 3.05) is 18.0 Å². The SMILES string of the molecule is Cc1cc(N2CCC2)nc(CN2C(=O)O[C@H](c3cc(C(F)(F)F)cc(C(F)(F)F)c3)[C@@H]2C)c1-c1cc([C@H]2C[C@@H](C(=O)O)C2)ccc1O. The van der Waals surface area contributed by atoms with Crippen LogP contribution in [0, 0.1) is 12.8 Å². The maximum Gasteiger partial charge on any atom is 0.416 e. The van der Waals surface area contributed by atoms with Crippen LogP contribution in [0.25, 0.3) is 11.1 Å². The quantitative estimate of drug-likeness (QED) is 0.250. The largest absolute Gasteiger partial charge is 0.507 e. The van der Waals surface area contributed by atoms with Gasteiger partial charge in [-0.2, -0.15) is 26.3 Å². The standard InChI is InChI=1S/C33H31F6N3O5/c1-16-8-27(41-6-3-7-41)40-25(28(16)24-13-18(4-5-26(24)43)19-9-21(10-19)30(44)45)15-42-17(2)29(47-31(42)46)20-11-22(32(34,35)36)14-23(12-20)33(37,38)39/h4-5,8,11-14,17,19,21,29,43H,3,6-7,9-10,15H2,1-2H3,(H,44,45)/t17-,19-,21+,29-/m0/s1. The number of hydrogen-bond donors (Lipinski definition) is 2. The van der Waals surface area contributed by atoms with E-state index in [0.717, 1.165) is 25.1 Å². The molecule has 47 heavy (non-hydrogen) atoms. The van der Waals surface area contributed by atoms with Crippen molar-refractivity contribution in [2.24, 2.45) is 5.92 Å². The third-order valence-electron chi connectivity index (χ3n) is 9.36. The number of aromatic nitrogens is 1. The van der Waals surface area contributed by atoms with Gasteiger partial charge in [0.1, 0.15) is 17.7 Å². The van der Waals surface area contributed by atoms with Gasteiger partial charge in [0.15, 0.2) is 0 Å². The van der Waals surface area contributed by atoms with Gasteiger partial charge in [-0.1, -0.05) is 6.07 Å². The van der Waals surface area contributed by atoms with E-state index in [1.165, 1.54) is 17.9 Å². The van der Waals surface area contributed by atoms with E-state index in [1.54, 1.807) is 12.1 Å². The molecule has 1 aromatic heterocycles. The second-order valence-corrected chi connectivity index (χ2v) is 12.5. The predicted molar refractivity (Wildman–Crippen MR) is 157 cm³/mol. The minimum atomic E-state index is -5.07. The second-order valence-electron chi connectivity index (χ2n) is 12.5. The van der Waals surface area contributed by atoms with E-state index in [0.29, 0.717) is 53.2 Å². The van der Waals surface area contributed by atoms with Crippen LogP contribution in [0.1, 0.15) is 71.7 Å². The first-order valence-electron chi connectivity index (χ1n) is 15.1. The van der Waals surface area contributed by atoms with E-state index in [1.807, 2.05) is 17.9 Å². The minimum Gasteiger partial charge on any atom is -0.507 e. The number of hydrogen-bond acceptors (Lipinski definition) is 6. The van der Waals surface area contributed by atoms with Crippen molar-refractivity contribution in [3.63, 3.8) is 0 Å². The summed E-state index contributed by atoms with van der Waals surface area (Å²) in [5.41, 5.74) is -0.673. The molecule has 14 heteroatoms. The van der Waals surface area contributed by atoms with Crippen molar-refractivity contribution < 1.29 is 50.9 Å². The molecule has 3 fully saturated rings. The van der Waals surface area contributed by atoms with Gasteiger partial charge < -0.3 is 19.8 Å². The summed E-state index contributed by atoms with van der Waals surface area (Å²) in [5, 5.41) is 20.3. The lowest BCUT2D eigenvalue weighted by Crippen LogP contribution is -2.38. The summed E-state index contributed by atoms with van der Waals surface area (Å²) < 4.78 is 86.9. The summed E-state index contributed by atoms with van der Waals surface area (Å²) in [4.78, 5) is 32.6. The fraction of sp³-hybridized carbons (Fsp3) is 0.424. The number of anilines is 1. The van der Waals surface area contributed by atoms with Gasteiger partial charge in [-0.3, -0.25) is 9.69 Å². The Morgan fingerprint density at radius 1 is 0.979 bits per heavy atom. The molecule has 2 aliphatic heterocycles. The molecule has 2 aromatic carbocycles. The highest BCUT2D eigenvalue weighted by atomic mass is 19.4. The van der Waals surface area contributed by atoms with Gasteiger partial charge >= 0.3 is 24.4 Å². The van der Waals surface area contributed by atoms with Crippen LogP contribution >= 0.6 is 0 Å².